The van der Waals surface area contributed by atoms with E-state index in [1.54, 1.807) is 0 Å². The summed E-state index contributed by atoms with van der Waals surface area (Å²) in [5.74, 6) is 2.84. The first-order chi connectivity index (χ1) is 7.29. The zero-order valence-corrected chi connectivity index (χ0v) is 10.8. The number of rotatable bonds is 3. The number of hydrogen-bond acceptors (Lipinski definition) is 0. The van der Waals surface area contributed by atoms with Gasteiger partial charge in [0.05, 0.1) is 0 Å². The molecule has 2 aliphatic carbocycles. The molecule has 0 N–H and O–H groups in total. The molecule has 0 aromatic rings. The summed E-state index contributed by atoms with van der Waals surface area (Å²) in [4.78, 5) is 0. The van der Waals surface area contributed by atoms with E-state index in [1.165, 1.54) is 57.8 Å². The fourth-order valence-corrected chi connectivity index (χ4v) is 3.94. The summed E-state index contributed by atoms with van der Waals surface area (Å²) >= 11 is 6.48. The van der Waals surface area contributed by atoms with Gasteiger partial charge in [-0.2, -0.15) is 0 Å². The first-order valence-electron chi connectivity index (χ1n) is 6.93. The predicted molar refractivity (Wildman–Crippen MR) is 67.3 cm³/mol. The minimum Gasteiger partial charge on any atom is -0.123 e. The quantitative estimate of drug-likeness (QED) is 0.597. The van der Waals surface area contributed by atoms with Crippen LogP contribution in [-0.2, 0) is 0 Å². The number of halogens is 1. The lowest BCUT2D eigenvalue weighted by Crippen LogP contribution is -2.26. The topological polar surface area (TPSA) is 0 Å². The van der Waals surface area contributed by atoms with Crippen molar-refractivity contribution < 1.29 is 0 Å². The van der Waals surface area contributed by atoms with Crippen molar-refractivity contribution in [2.75, 3.05) is 0 Å². The Bertz CT molecular complexity index is 184. The summed E-state index contributed by atoms with van der Waals surface area (Å²) in [6, 6.07) is 0. The second kappa shape index (κ2) is 5.57. The molecule has 0 aromatic heterocycles. The molecule has 2 saturated carbocycles. The van der Waals surface area contributed by atoms with Gasteiger partial charge in [-0.3, -0.25) is 0 Å². The van der Waals surface area contributed by atoms with Gasteiger partial charge < -0.3 is 0 Å². The molecule has 0 nitrogen and oxygen atoms in total. The Morgan fingerprint density at radius 2 is 1.73 bits per heavy atom. The Morgan fingerprint density at radius 3 is 2.40 bits per heavy atom. The van der Waals surface area contributed by atoms with Crippen molar-refractivity contribution in [3.05, 3.63) is 0 Å². The van der Waals surface area contributed by atoms with Crippen molar-refractivity contribution in [3.63, 3.8) is 0 Å². The molecule has 0 aromatic carbocycles. The third kappa shape index (κ3) is 3.12. The summed E-state index contributed by atoms with van der Waals surface area (Å²) in [5.41, 5.74) is 0. The first-order valence-corrected chi connectivity index (χ1v) is 7.37. The average molecular weight is 229 g/mol. The molecule has 2 aliphatic rings. The summed E-state index contributed by atoms with van der Waals surface area (Å²) < 4.78 is 0. The molecule has 3 atom stereocenters. The van der Waals surface area contributed by atoms with Crippen LogP contribution in [0, 0.1) is 17.8 Å². The highest BCUT2D eigenvalue weighted by molar-refractivity contribution is 6.20. The second-order valence-electron chi connectivity index (χ2n) is 5.75. The van der Waals surface area contributed by atoms with Crippen LogP contribution in [0.1, 0.15) is 64.7 Å². The molecular weight excluding hydrogens is 204 g/mol. The lowest BCUT2D eigenvalue weighted by molar-refractivity contribution is 0.228. The normalized spacial score (nSPS) is 38.4. The smallest absolute Gasteiger partial charge is 0.0364 e. The van der Waals surface area contributed by atoms with Crippen molar-refractivity contribution in [1.29, 1.82) is 0 Å². The van der Waals surface area contributed by atoms with Gasteiger partial charge in [0, 0.05) is 5.38 Å². The van der Waals surface area contributed by atoms with E-state index in [4.69, 9.17) is 11.6 Å². The highest BCUT2D eigenvalue weighted by Gasteiger charge is 2.30. The molecule has 0 amide bonds. The molecule has 1 heteroatoms. The first kappa shape index (κ1) is 11.8. The fraction of sp³-hybridized carbons (Fsp3) is 1.00. The fourth-order valence-electron chi connectivity index (χ4n) is 3.61. The Morgan fingerprint density at radius 1 is 1.00 bits per heavy atom. The molecule has 2 fully saturated rings. The lowest BCUT2D eigenvalue weighted by Gasteiger charge is -2.34. The van der Waals surface area contributed by atoms with Crippen molar-refractivity contribution in [2.24, 2.45) is 17.8 Å². The van der Waals surface area contributed by atoms with Crippen molar-refractivity contribution in [2.45, 2.75) is 70.1 Å². The Balaban J connectivity index is 1.82. The zero-order chi connectivity index (χ0) is 10.7. The van der Waals surface area contributed by atoms with Crippen molar-refractivity contribution in [1.82, 2.24) is 0 Å². The monoisotopic (exact) mass is 228 g/mol. The van der Waals surface area contributed by atoms with E-state index >= 15 is 0 Å². The Hall–Kier alpha value is 0.290. The maximum Gasteiger partial charge on any atom is 0.0364 e. The molecule has 0 radical (unpaired) electrons. The third-order valence-corrected chi connectivity index (χ3v) is 5.26. The van der Waals surface area contributed by atoms with E-state index in [9.17, 15) is 0 Å². The van der Waals surface area contributed by atoms with E-state index < -0.39 is 0 Å². The van der Waals surface area contributed by atoms with Crippen LogP contribution < -0.4 is 0 Å². The van der Waals surface area contributed by atoms with Gasteiger partial charge in [0.2, 0.25) is 0 Å². The van der Waals surface area contributed by atoms with Crippen LogP contribution in [0.25, 0.3) is 0 Å². The van der Waals surface area contributed by atoms with Gasteiger partial charge in [0.1, 0.15) is 0 Å². The molecule has 2 rings (SSSR count). The highest BCUT2D eigenvalue weighted by Crippen LogP contribution is 2.40. The molecule has 15 heavy (non-hydrogen) atoms. The van der Waals surface area contributed by atoms with Gasteiger partial charge >= 0.3 is 0 Å². The van der Waals surface area contributed by atoms with Crippen molar-refractivity contribution >= 4 is 11.6 Å². The van der Waals surface area contributed by atoms with Gasteiger partial charge in [0.25, 0.3) is 0 Å². The van der Waals surface area contributed by atoms with Gasteiger partial charge in [0.15, 0.2) is 0 Å². The number of hydrogen-bond donors (Lipinski definition) is 0. The maximum absolute atomic E-state index is 6.48. The molecule has 0 aliphatic heterocycles. The van der Waals surface area contributed by atoms with Crippen molar-refractivity contribution in [3.8, 4) is 0 Å². The molecular formula is C14H25Cl. The van der Waals surface area contributed by atoms with Crippen LogP contribution in [0.4, 0.5) is 0 Å². The minimum absolute atomic E-state index is 0.494. The van der Waals surface area contributed by atoms with Crippen LogP contribution in [0.2, 0.25) is 0 Å². The van der Waals surface area contributed by atoms with Crippen LogP contribution in [0.5, 0.6) is 0 Å². The van der Waals surface area contributed by atoms with E-state index in [1.807, 2.05) is 0 Å². The molecule has 0 bridgehead atoms. The van der Waals surface area contributed by atoms with Crippen LogP contribution in [0.3, 0.4) is 0 Å². The van der Waals surface area contributed by atoms with Gasteiger partial charge in [-0.05, 0) is 43.4 Å². The maximum atomic E-state index is 6.48. The molecule has 3 unspecified atom stereocenters. The Kier molecular flexibility index (Phi) is 4.37. The van der Waals surface area contributed by atoms with E-state index in [-0.39, 0.29) is 0 Å². The summed E-state index contributed by atoms with van der Waals surface area (Å²) in [7, 11) is 0. The van der Waals surface area contributed by atoms with E-state index in [0.717, 1.165) is 17.8 Å². The third-order valence-electron chi connectivity index (χ3n) is 4.69. The molecule has 0 spiro atoms. The van der Waals surface area contributed by atoms with Crippen LogP contribution in [0.15, 0.2) is 0 Å². The van der Waals surface area contributed by atoms with Gasteiger partial charge in [-0.1, -0.05) is 39.0 Å². The second-order valence-corrected chi connectivity index (χ2v) is 6.31. The van der Waals surface area contributed by atoms with E-state index in [2.05, 4.69) is 6.92 Å². The molecule has 88 valence electrons. The largest absolute Gasteiger partial charge is 0.123 e. The standard InChI is InChI=1S/C14H25Cl/c1-2-11-7-8-14(15)13(9-11)10-12-5-3-4-6-12/h11-14H,2-10H2,1H3. The Labute approximate surface area is 99.8 Å². The van der Waals surface area contributed by atoms with Crippen LogP contribution >= 0.6 is 11.6 Å². The van der Waals surface area contributed by atoms with Gasteiger partial charge in [-0.15, -0.1) is 11.6 Å². The highest BCUT2D eigenvalue weighted by atomic mass is 35.5. The predicted octanol–water partition coefficient (Wildman–Crippen LogP) is 5.00. The van der Waals surface area contributed by atoms with E-state index in [0.29, 0.717) is 5.38 Å². The summed E-state index contributed by atoms with van der Waals surface area (Å²) in [5, 5.41) is 0.494. The molecule has 0 saturated heterocycles. The average Bonchev–Trinajstić information content (AvgIpc) is 2.74. The minimum atomic E-state index is 0.494. The number of alkyl halides is 1. The SMILES string of the molecule is CCC1CCC(Cl)C(CC2CCCC2)C1. The van der Waals surface area contributed by atoms with Crippen LogP contribution in [-0.4, -0.2) is 5.38 Å². The molecule has 0 heterocycles. The lowest BCUT2D eigenvalue weighted by atomic mass is 9.76. The zero-order valence-electron chi connectivity index (χ0n) is 10.1. The summed E-state index contributed by atoms with van der Waals surface area (Å²) in [6.45, 7) is 2.34. The van der Waals surface area contributed by atoms with Gasteiger partial charge in [-0.25, -0.2) is 0 Å². The summed E-state index contributed by atoms with van der Waals surface area (Å²) in [6.07, 6.45) is 12.8.